The van der Waals surface area contributed by atoms with Crippen molar-refractivity contribution in [1.29, 1.82) is 0 Å². The summed E-state index contributed by atoms with van der Waals surface area (Å²) in [5.41, 5.74) is 1.37. The SMILES string of the molecule is CN(C)C[C@H]1[C@@H]2CC[C@@]3(CN(C(=O)c4ccccc4-n4cnnc4)C[C@@H]13)O2. The number of hydrogen-bond acceptors (Lipinski definition) is 5. The van der Waals surface area contributed by atoms with Crippen molar-refractivity contribution in [2.75, 3.05) is 33.7 Å². The van der Waals surface area contributed by atoms with Crippen molar-refractivity contribution in [3.05, 3.63) is 42.5 Å². The molecule has 3 saturated heterocycles. The third kappa shape index (κ3) is 2.60. The van der Waals surface area contributed by atoms with E-state index in [4.69, 9.17) is 4.74 Å². The molecular weight excluding hydrogens is 342 g/mol. The zero-order valence-corrected chi connectivity index (χ0v) is 15.8. The number of hydrogen-bond donors (Lipinski definition) is 0. The first-order valence-electron chi connectivity index (χ1n) is 9.63. The number of carbonyl (C=O) groups excluding carboxylic acids is 1. The lowest BCUT2D eigenvalue weighted by Gasteiger charge is -2.30. The maximum Gasteiger partial charge on any atom is 0.256 e. The Bertz CT molecular complexity index is 852. The standard InChI is InChI=1S/C20H25N5O2/c1-23(2)9-15-16-10-24(11-20(16)8-7-18(15)27-20)19(26)14-5-3-4-6-17(14)25-12-21-22-13-25/h3-6,12-13,15-16,18H,7-11H2,1-2H3/t15-,16+,18+,20+/m1/s1. The van der Waals surface area contributed by atoms with E-state index >= 15 is 0 Å². The summed E-state index contributed by atoms with van der Waals surface area (Å²) in [6, 6.07) is 7.66. The molecule has 0 N–H and O–H groups in total. The van der Waals surface area contributed by atoms with Crippen molar-refractivity contribution in [1.82, 2.24) is 24.6 Å². The summed E-state index contributed by atoms with van der Waals surface area (Å²) in [5.74, 6) is 1.02. The molecule has 27 heavy (non-hydrogen) atoms. The van der Waals surface area contributed by atoms with E-state index in [0.29, 0.717) is 30.0 Å². The van der Waals surface area contributed by atoms with Crippen molar-refractivity contribution in [2.45, 2.75) is 24.5 Å². The van der Waals surface area contributed by atoms with Gasteiger partial charge in [-0.2, -0.15) is 0 Å². The van der Waals surface area contributed by atoms with Gasteiger partial charge >= 0.3 is 0 Å². The number of nitrogens with zero attached hydrogens (tertiary/aromatic N) is 5. The molecule has 4 atom stereocenters. The van der Waals surface area contributed by atoms with E-state index in [-0.39, 0.29) is 11.5 Å². The van der Waals surface area contributed by atoms with E-state index in [9.17, 15) is 4.79 Å². The van der Waals surface area contributed by atoms with Crippen LogP contribution in [-0.2, 0) is 4.74 Å². The topological polar surface area (TPSA) is 63.5 Å². The van der Waals surface area contributed by atoms with Crippen LogP contribution in [0.3, 0.4) is 0 Å². The van der Waals surface area contributed by atoms with Gasteiger partial charge in [0.1, 0.15) is 12.7 Å². The molecule has 7 heteroatoms. The van der Waals surface area contributed by atoms with Crippen molar-refractivity contribution in [2.24, 2.45) is 11.8 Å². The summed E-state index contributed by atoms with van der Waals surface area (Å²) in [7, 11) is 4.23. The Balaban J connectivity index is 1.42. The van der Waals surface area contributed by atoms with Crippen LogP contribution >= 0.6 is 0 Å². The summed E-state index contributed by atoms with van der Waals surface area (Å²) in [4.78, 5) is 17.6. The van der Waals surface area contributed by atoms with Gasteiger partial charge in [-0.3, -0.25) is 9.36 Å². The third-order valence-electron chi connectivity index (χ3n) is 6.48. The highest BCUT2D eigenvalue weighted by Crippen LogP contribution is 2.55. The van der Waals surface area contributed by atoms with Gasteiger partial charge in [0.15, 0.2) is 0 Å². The summed E-state index contributed by atoms with van der Waals surface area (Å²) >= 11 is 0. The molecule has 1 amide bonds. The van der Waals surface area contributed by atoms with Gasteiger partial charge in [-0.25, -0.2) is 0 Å². The Kier molecular flexibility index (Phi) is 3.84. The Morgan fingerprint density at radius 1 is 1.30 bits per heavy atom. The van der Waals surface area contributed by atoms with E-state index < -0.39 is 0 Å². The Morgan fingerprint density at radius 2 is 2.07 bits per heavy atom. The molecule has 3 aliphatic rings. The highest BCUT2D eigenvalue weighted by Gasteiger charge is 2.63. The van der Waals surface area contributed by atoms with Gasteiger partial charge in [0.05, 0.1) is 29.5 Å². The predicted molar refractivity (Wildman–Crippen MR) is 99.6 cm³/mol. The Morgan fingerprint density at radius 3 is 2.85 bits per heavy atom. The molecular formula is C20H25N5O2. The first-order chi connectivity index (χ1) is 13.1. The molecule has 4 heterocycles. The maximum atomic E-state index is 13.4. The molecule has 0 unspecified atom stereocenters. The molecule has 1 aromatic carbocycles. The number of para-hydroxylation sites is 1. The van der Waals surface area contributed by atoms with Gasteiger partial charge in [0.2, 0.25) is 0 Å². The minimum atomic E-state index is -0.132. The number of fused-ring (bicyclic) bond motifs is 1. The van der Waals surface area contributed by atoms with Gasteiger partial charge < -0.3 is 14.5 Å². The smallest absolute Gasteiger partial charge is 0.256 e. The summed E-state index contributed by atoms with van der Waals surface area (Å²) in [6.07, 6.45) is 5.80. The van der Waals surface area contributed by atoms with Crippen molar-refractivity contribution < 1.29 is 9.53 Å². The van der Waals surface area contributed by atoms with Crippen molar-refractivity contribution in [3.63, 3.8) is 0 Å². The molecule has 5 rings (SSSR count). The number of aromatic nitrogens is 3. The number of ether oxygens (including phenoxy) is 1. The maximum absolute atomic E-state index is 13.4. The van der Waals surface area contributed by atoms with Gasteiger partial charge in [-0.05, 0) is 39.1 Å². The highest BCUT2D eigenvalue weighted by atomic mass is 16.5. The number of amides is 1. The zero-order chi connectivity index (χ0) is 18.6. The molecule has 2 aromatic rings. The second kappa shape index (κ2) is 6.14. The molecule has 3 aliphatic heterocycles. The molecule has 7 nitrogen and oxygen atoms in total. The van der Waals surface area contributed by atoms with E-state index in [1.54, 1.807) is 17.2 Å². The highest BCUT2D eigenvalue weighted by molar-refractivity contribution is 5.98. The molecule has 0 saturated carbocycles. The van der Waals surface area contributed by atoms with Crippen LogP contribution in [0.15, 0.2) is 36.9 Å². The first-order valence-corrected chi connectivity index (χ1v) is 9.63. The summed E-state index contributed by atoms with van der Waals surface area (Å²) in [6.45, 7) is 2.51. The number of rotatable bonds is 4. The lowest BCUT2D eigenvalue weighted by Crippen LogP contribution is -2.40. The van der Waals surface area contributed by atoms with Crippen LogP contribution in [-0.4, -0.2) is 75.9 Å². The fourth-order valence-electron chi connectivity index (χ4n) is 5.39. The molecule has 1 aromatic heterocycles. The summed E-state index contributed by atoms with van der Waals surface area (Å²) in [5, 5.41) is 7.75. The van der Waals surface area contributed by atoms with Crippen molar-refractivity contribution >= 4 is 5.91 Å². The fraction of sp³-hybridized carbons (Fsp3) is 0.550. The van der Waals surface area contributed by atoms with Crippen LogP contribution in [0.5, 0.6) is 0 Å². The van der Waals surface area contributed by atoms with Crippen molar-refractivity contribution in [3.8, 4) is 5.69 Å². The van der Waals surface area contributed by atoms with Crippen LogP contribution in [0, 0.1) is 11.8 Å². The molecule has 0 radical (unpaired) electrons. The fourth-order valence-corrected chi connectivity index (χ4v) is 5.39. The quantitative estimate of drug-likeness (QED) is 0.818. The van der Waals surface area contributed by atoms with E-state index in [2.05, 4.69) is 29.2 Å². The van der Waals surface area contributed by atoms with Crippen LogP contribution in [0.2, 0.25) is 0 Å². The van der Waals surface area contributed by atoms with E-state index in [1.165, 1.54) is 0 Å². The summed E-state index contributed by atoms with van der Waals surface area (Å²) < 4.78 is 8.26. The Hall–Kier alpha value is -2.25. The molecule has 2 bridgehead atoms. The molecule has 142 valence electrons. The Labute approximate surface area is 158 Å². The lowest BCUT2D eigenvalue weighted by molar-refractivity contribution is 0.00256. The first kappa shape index (κ1) is 16.9. The number of likely N-dealkylation sites (tertiary alicyclic amines) is 1. The van der Waals surface area contributed by atoms with Crippen LogP contribution < -0.4 is 0 Å². The molecule has 0 aliphatic carbocycles. The average molecular weight is 367 g/mol. The van der Waals surface area contributed by atoms with Gasteiger partial charge in [0, 0.05) is 24.9 Å². The second-order valence-corrected chi connectivity index (χ2v) is 8.36. The van der Waals surface area contributed by atoms with Crippen LogP contribution in [0.4, 0.5) is 0 Å². The average Bonchev–Trinajstić information content (AvgIpc) is 3.43. The monoisotopic (exact) mass is 367 g/mol. The lowest BCUT2D eigenvalue weighted by atomic mass is 9.73. The molecule has 1 spiro atoms. The van der Waals surface area contributed by atoms with E-state index in [1.807, 2.05) is 29.2 Å². The minimum Gasteiger partial charge on any atom is -0.369 e. The zero-order valence-electron chi connectivity index (χ0n) is 15.8. The van der Waals surface area contributed by atoms with Gasteiger partial charge in [-0.1, -0.05) is 12.1 Å². The van der Waals surface area contributed by atoms with Crippen LogP contribution in [0.25, 0.3) is 5.69 Å². The predicted octanol–water partition coefficient (Wildman–Crippen LogP) is 1.45. The van der Waals surface area contributed by atoms with Gasteiger partial charge in [-0.15, -0.1) is 10.2 Å². The largest absolute Gasteiger partial charge is 0.369 e. The molecule has 3 fully saturated rings. The van der Waals surface area contributed by atoms with Crippen LogP contribution in [0.1, 0.15) is 23.2 Å². The number of benzene rings is 1. The normalized spacial score (nSPS) is 31.7. The second-order valence-electron chi connectivity index (χ2n) is 8.36. The van der Waals surface area contributed by atoms with Gasteiger partial charge in [0.25, 0.3) is 5.91 Å². The van der Waals surface area contributed by atoms with E-state index in [0.717, 1.165) is 31.6 Å². The third-order valence-corrected chi connectivity index (χ3v) is 6.48. The number of carbonyl (C=O) groups is 1. The minimum absolute atomic E-state index is 0.0683.